The van der Waals surface area contributed by atoms with Crippen LogP contribution in [0.25, 0.3) is 0 Å². The number of pyridine rings is 1. The summed E-state index contributed by atoms with van der Waals surface area (Å²) in [6, 6.07) is 4.27. The number of aromatic nitrogens is 1. The van der Waals surface area contributed by atoms with Crippen LogP contribution < -0.4 is 15.5 Å². The molecule has 0 radical (unpaired) electrons. The lowest BCUT2D eigenvalue weighted by atomic mass is 10.2. The zero-order valence-corrected chi connectivity index (χ0v) is 9.86. The van der Waals surface area contributed by atoms with Crippen LogP contribution in [0.2, 0.25) is 0 Å². The fourth-order valence-electron chi connectivity index (χ4n) is 2.48. The summed E-state index contributed by atoms with van der Waals surface area (Å²) in [6.07, 6.45) is 1.15. The lowest BCUT2D eigenvalue weighted by Gasteiger charge is -2.27. The van der Waals surface area contributed by atoms with Gasteiger partial charge in [0.25, 0.3) is 5.91 Å². The van der Waals surface area contributed by atoms with Crippen molar-refractivity contribution < 1.29 is 4.79 Å². The molecule has 5 heteroatoms. The smallest absolute Gasteiger partial charge is 0.269 e. The first kappa shape index (κ1) is 10.4. The van der Waals surface area contributed by atoms with E-state index in [-0.39, 0.29) is 5.91 Å². The molecular weight excluding hydrogens is 216 g/mol. The number of amides is 1. The molecule has 90 valence electrons. The topological polar surface area (TPSA) is 57.3 Å². The van der Waals surface area contributed by atoms with E-state index >= 15 is 0 Å². The summed E-state index contributed by atoms with van der Waals surface area (Å²) in [6.45, 7) is 4.66. The Hall–Kier alpha value is -1.78. The van der Waals surface area contributed by atoms with Gasteiger partial charge in [0.2, 0.25) is 0 Å². The normalized spacial score (nSPS) is 20.8. The van der Waals surface area contributed by atoms with Gasteiger partial charge in [-0.15, -0.1) is 0 Å². The molecule has 1 aromatic rings. The molecule has 3 rings (SSSR count). The zero-order valence-electron chi connectivity index (χ0n) is 9.86. The molecule has 17 heavy (non-hydrogen) atoms. The van der Waals surface area contributed by atoms with Gasteiger partial charge < -0.3 is 15.5 Å². The minimum Gasteiger partial charge on any atom is -0.366 e. The maximum atomic E-state index is 11.7. The van der Waals surface area contributed by atoms with E-state index in [0.717, 1.165) is 31.0 Å². The van der Waals surface area contributed by atoms with Crippen LogP contribution in [0.15, 0.2) is 12.1 Å². The third-order valence-corrected chi connectivity index (χ3v) is 3.31. The van der Waals surface area contributed by atoms with Crippen LogP contribution in [-0.4, -0.2) is 36.6 Å². The molecule has 3 heterocycles. The lowest BCUT2D eigenvalue weighted by molar-refractivity contribution is 0.0951. The molecule has 2 N–H and O–H groups in total. The molecule has 0 saturated carbocycles. The van der Waals surface area contributed by atoms with Crippen LogP contribution in [0, 0.1) is 0 Å². The average molecular weight is 232 g/mol. The van der Waals surface area contributed by atoms with Crippen molar-refractivity contribution >= 4 is 17.4 Å². The molecular formula is C12H16N4O. The second-order valence-corrected chi connectivity index (χ2v) is 4.50. The Kier molecular flexibility index (Phi) is 2.39. The van der Waals surface area contributed by atoms with Crippen molar-refractivity contribution in [3.63, 3.8) is 0 Å². The second-order valence-electron chi connectivity index (χ2n) is 4.50. The first-order valence-corrected chi connectivity index (χ1v) is 6.08. The minimum atomic E-state index is -0.106. The number of fused-ring (bicyclic) bond motifs is 4. The van der Waals surface area contributed by atoms with Crippen molar-refractivity contribution in [1.82, 2.24) is 10.3 Å². The zero-order chi connectivity index (χ0) is 11.8. The first-order valence-electron chi connectivity index (χ1n) is 6.08. The van der Waals surface area contributed by atoms with Crippen molar-refractivity contribution in [3.8, 4) is 0 Å². The summed E-state index contributed by atoms with van der Waals surface area (Å²) in [4.78, 5) is 18.4. The summed E-state index contributed by atoms with van der Waals surface area (Å²) < 4.78 is 0. The van der Waals surface area contributed by atoms with Crippen LogP contribution in [-0.2, 0) is 0 Å². The highest BCUT2D eigenvalue weighted by Gasteiger charge is 2.30. The number of rotatable bonds is 2. The van der Waals surface area contributed by atoms with E-state index in [1.54, 1.807) is 6.07 Å². The molecule has 5 nitrogen and oxygen atoms in total. The predicted octanol–water partition coefficient (Wildman–Crippen LogP) is 0.836. The SMILES string of the molecule is CCNC(=O)c1ccc2c(n1)NC1CCN2C1. The molecule has 1 unspecified atom stereocenters. The highest BCUT2D eigenvalue weighted by molar-refractivity contribution is 5.93. The molecule has 1 saturated heterocycles. The van der Waals surface area contributed by atoms with Crippen LogP contribution in [0.1, 0.15) is 23.8 Å². The molecule has 0 aliphatic carbocycles. The molecule has 2 aliphatic rings. The van der Waals surface area contributed by atoms with Gasteiger partial charge in [-0.3, -0.25) is 4.79 Å². The van der Waals surface area contributed by atoms with E-state index in [1.165, 1.54) is 0 Å². The van der Waals surface area contributed by atoms with E-state index in [0.29, 0.717) is 18.3 Å². The molecule has 1 fully saturated rings. The largest absolute Gasteiger partial charge is 0.366 e. The monoisotopic (exact) mass is 232 g/mol. The van der Waals surface area contributed by atoms with Crippen LogP contribution >= 0.6 is 0 Å². The lowest BCUT2D eigenvalue weighted by Crippen LogP contribution is -2.33. The van der Waals surface area contributed by atoms with E-state index in [9.17, 15) is 4.79 Å². The van der Waals surface area contributed by atoms with Crippen LogP contribution in [0.3, 0.4) is 0 Å². The Morgan fingerprint density at radius 3 is 3.35 bits per heavy atom. The summed E-state index contributed by atoms with van der Waals surface area (Å²) >= 11 is 0. The van der Waals surface area contributed by atoms with Crippen molar-refractivity contribution in [2.24, 2.45) is 0 Å². The van der Waals surface area contributed by atoms with Crippen molar-refractivity contribution in [2.75, 3.05) is 29.9 Å². The van der Waals surface area contributed by atoms with E-state index < -0.39 is 0 Å². The third-order valence-electron chi connectivity index (χ3n) is 3.31. The number of hydrogen-bond acceptors (Lipinski definition) is 4. The number of carbonyl (C=O) groups is 1. The van der Waals surface area contributed by atoms with Gasteiger partial charge in [-0.05, 0) is 25.5 Å². The number of nitrogens with one attached hydrogen (secondary N) is 2. The molecule has 0 spiro atoms. The fraction of sp³-hybridized carbons (Fsp3) is 0.500. The Bertz CT molecular complexity index is 460. The van der Waals surface area contributed by atoms with Gasteiger partial charge in [-0.25, -0.2) is 4.98 Å². The maximum Gasteiger partial charge on any atom is 0.269 e. The number of nitrogens with zero attached hydrogens (tertiary/aromatic N) is 2. The van der Waals surface area contributed by atoms with Gasteiger partial charge in [-0.1, -0.05) is 0 Å². The Morgan fingerprint density at radius 2 is 2.53 bits per heavy atom. The van der Waals surface area contributed by atoms with Gasteiger partial charge >= 0.3 is 0 Å². The Balaban J connectivity index is 1.92. The molecule has 1 amide bonds. The van der Waals surface area contributed by atoms with Crippen molar-refractivity contribution in [3.05, 3.63) is 17.8 Å². The summed E-state index contributed by atoms with van der Waals surface area (Å²) in [7, 11) is 0. The fourth-order valence-corrected chi connectivity index (χ4v) is 2.48. The minimum absolute atomic E-state index is 0.106. The van der Waals surface area contributed by atoms with E-state index in [4.69, 9.17) is 0 Å². The Labute approximate surface area is 100 Å². The van der Waals surface area contributed by atoms with E-state index in [1.807, 2.05) is 13.0 Å². The number of carbonyl (C=O) groups excluding carboxylic acids is 1. The third kappa shape index (κ3) is 1.71. The highest BCUT2D eigenvalue weighted by atomic mass is 16.1. The standard InChI is InChI=1S/C12H16N4O/c1-2-13-12(17)9-3-4-10-11(15-9)14-8-5-6-16(10)7-8/h3-4,8H,2,5-7H2,1H3,(H,13,17)(H,14,15). The van der Waals surface area contributed by atoms with Gasteiger partial charge in [0.1, 0.15) is 5.69 Å². The van der Waals surface area contributed by atoms with Crippen molar-refractivity contribution in [1.29, 1.82) is 0 Å². The van der Waals surface area contributed by atoms with Gasteiger partial charge in [0.15, 0.2) is 5.82 Å². The molecule has 2 bridgehead atoms. The predicted molar refractivity (Wildman–Crippen MR) is 66.5 cm³/mol. The molecule has 1 aromatic heterocycles. The Morgan fingerprint density at radius 1 is 1.65 bits per heavy atom. The van der Waals surface area contributed by atoms with Gasteiger partial charge in [0, 0.05) is 25.7 Å². The van der Waals surface area contributed by atoms with Crippen LogP contribution in [0.4, 0.5) is 11.5 Å². The quantitative estimate of drug-likeness (QED) is 0.793. The van der Waals surface area contributed by atoms with Crippen molar-refractivity contribution in [2.45, 2.75) is 19.4 Å². The molecule has 0 aromatic carbocycles. The average Bonchev–Trinajstić information content (AvgIpc) is 2.72. The summed E-state index contributed by atoms with van der Waals surface area (Å²) in [5.41, 5.74) is 1.60. The number of hydrogen-bond donors (Lipinski definition) is 2. The molecule has 1 atom stereocenters. The second kappa shape index (κ2) is 3.91. The molecule has 2 aliphatic heterocycles. The van der Waals surface area contributed by atoms with Gasteiger partial charge in [-0.2, -0.15) is 0 Å². The summed E-state index contributed by atoms with van der Waals surface area (Å²) in [5, 5.41) is 6.16. The first-order chi connectivity index (χ1) is 8.28. The van der Waals surface area contributed by atoms with E-state index in [2.05, 4.69) is 20.5 Å². The maximum absolute atomic E-state index is 11.7. The van der Waals surface area contributed by atoms with Gasteiger partial charge in [0.05, 0.1) is 5.69 Å². The summed E-state index contributed by atoms with van der Waals surface area (Å²) in [5.74, 6) is 0.743. The number of anilines is 2. The highest BCUT2D eigenvalue weighted by Crippen LogP contribution is 2.33. The van der Waals surface area contributed by atoms with Crippen LogP contribution in [0.5, 0.6) is 0 Å².